The molecular weight excluding hydrogens is 512 g/mol. The summed E-state index contributed by atoms with van der Waals surface area (Å²) in [5.41, 5.74) is 11.9. The fraction of sp³-hybridized carbons (Fsp3) is 0.0513. The van der Waals surface area contributed by atoms with Crippen LogP contribution in [0.3, 0.4) is 0 Å². The fourth-order valence-corrected chi connectivity index (χ4v) is 5.31. The van der Waals surface area contributed by atoms with Gasteiger partial charge in [0.2, 0.25) is 0 Å². The summed E-state index contributed by atoms with van der Waals surface area (Å²) in [6, 6.07) is 52.6. The molecule has 0 saturated carbocycles. The first kappa shape index (κ1) is 26.8. The number of aldehydes is 1. The first-order valence-corrected chi connectivity index (χ1v) is 14.1. The Morgan fingerprint density at radius 2 is 0.786 bits per heavy atom. The molecule has 0 heterocycles. The first-order valence-electron chi connectivity index (χ1n) is 14.1. The highest BCUT2D eigenvalue weighted by atomic mass is 16.1. The van der Waals surface area contributed by atoms with Crippen LogP contribution >= 0.6 is 0 Å². The van der Waals surface area contributed by atoms with E-state index >= 15 is 0 Å². The molecule has 0 N–H and O–H groups in total. The predicted molar refractivity (Wildman–Crippen MR) is 176 cm³/mol. The monoisotopic (exact) mass is 544 g/mol. The molecule has 0 aliphatic rings. The van der Waals surface area contributed by atoms with Crippen molar-refractivity contribution in [3.63, 3.8) is 0 Å². The van der Waals surface area contributed by atoms with Crippen LogP contribution in [0.25, 0.3) is 11.1 Å². The van der Waals surface area contributed by atoms with Gasteiger partial charge < -0.3 is 9.80 Å². The van der Waals surface area contributed by atoms with Crippen molar-refractivity contribution < 1.29 is 4.79 Å². The van der Waals surface area contributed by atoms with Gasteiger partial charge in [0.05, 0.1) is 0 Å². The molecule has 0 amide bonds. The number of carbonyl (C=O) groups is 1. The number of carbonyl (C=O) groups excluding carboxylic acids is 1. The Bertz CT molecular complexity index is 1790. The SMILES string of the molecule is Cc1cccc(N(c2ccccc2)c2ccc(-c3ccc(N(c4ccc(C=O)cc4)c4cccc(C)c4)cc3)cc2)c1. The molecule has 6 aromatic carbocycles. The molecule has 204 valence electrons. The minimum Gasteiger partial charge on any atom is -0.310 e. The summed E-state index contributed by atoms with van der Waals surface area (Å²) >= 11 is 0. The van der Waals surface area contributed by atoms with Crippen molar-refractivity contribution >= 4 is 40.4 Å². The molecule has 0 atom stereocenters. The highest BCUT2D eigenvalue weighted by Gasteiger charge is 2.15. The van der Waals surface area contributed by atoms with Crippen LogP contribution in [0.4, 0.5) is 34.1 Å². The largest absolute Gasteiger partial charge is 0.310 e. The first-order chi connectivity index (χ1) is 20.6. The van der Waals surface area contributed by atoms with Crippen molar-refractivity contribution in [3.8, 4) is 11.1 Å². The zero-order valence-corrected chi connectivity index (χ0v) is 23.8. The Kier molecular flexibility index (Phi) is 7.65. The van der Waals surface area contributed by atoms with E-state index in [9.17, 15) is 4.79 Å². The van der Waals surface area contributed by atoms with Crippen LogP contribution in [0.1, 0.15) is 21.5 Å². The van der Waals surface area contributed by atoms with Crippen molar-refractivity contribution in [2.45, 2.75) is 13.8 Å². The van der Waals surface area contributed by atoms with E-state index in [1.54, 1.807) is 0 Å². The highest BCUT2D eigenvalue weighted by molar-refractivity contribution is 5.82. The van der Waals surface area contributed by atoms with E-state index in [0.717, 1.165) is 51.5 Å². The van der Waals surface area contributed by atoms with Crippen LogP contribution in [-0.2, 0) is 0 Å². The molecule has 0 bridgehead atoms. The number of nitrogens with zero attached hydrogens (tertiary/aromatic N) is 2. The smallest absolute Gasteiger partial charge is 0.150 e. The van der Waals surface area contributed by atoms with E-state index in [1.807, 2.05) is 30.3 Å². The van der Waals surface area contributed by atoms with E-state index in [2.05, 4.69) is 145 Å². The van der Waals surface area contributed by atoms with Gasteiger partial charge in [-0.05, 0) is 121 Å². The van der Waals surface area contributed by atoms with Crippen LogP contribution in [0.2, 0.25) is 0 Å². The lowest BCUT2D eigenvalue weighted by Gasteiger charge is -2.26. The minimum atomic E-state index is 0.662. The Balaban J connectivity index is 1.32. The number of para-hydroxylation sites is 1. The summed E-state index contributed by atoms with van der Waals surface area (Å²) in [7, 11) is 0. The molecule has 0 aromatic heterocycles. The summed E-state index contributed by atoms with van der Waals surface area (Å²) in [5.74, 6) is 0. The van der Waals surface area contributed by atoms with Crippen LogP contribution in [0, 0.1) is 13.8 Å². The highest BCUT2D eigenvalue weighted by Crippen LogP contribution is 2.38. The summed E-state index contributed by atoms with van der Waals surface area (Å²) in [5, 5.41) is 0. The third-order valence-corrected chi connectivity index (χ3v) is 7.41. The predicted octanol–water partition coefficient (Wildman–Crippen LogP) is 10.7. The van der Waals surface area contributed by atoms with Gasteiger partial charge in [-0.2, -0.15) is 0 Å². The minimum absolute atomic E-state index is 0.662. The number of anilines is 6. The van der Waals surface area contributed by atoms with Gasteiger partial charge in [0, 0.05) is 39.7 Å². The zero-order valence-electron chi connectivity index (χ0n) is 23.8. The summed E-state index contributed by atoms with van der Waals surface area (Å²) in [6.45, 7) is 4.22. The maximum Gasteiger partial charge on any atom is 0.150 e. The van der Waals surface area contributed by atoms with Crippen molar-refractivity contribution in [3.05, 3.63) is 168 Å². The van der Waals surface area contributed by atoms with Gasteiger partial charge in [-0.3, -0.25) is 4.79 Å². The van der Waals surface area contributed by atoms with Gasteiger partial charge in [-0.15, -0.1) is 0 Å². The lowest BCUT2D eigenvalue weighted by Crippen LogP contribution is -2.10. The van der Waals surface area contributed by atoms with Crippen molar-refractivity contribution in [1.29, 1.82) is 0 Å². The van der Waals surface area contributed by atoms with Crippen molar-refractivity contribution in [2.75, 3.05) is 9.80 Å². The standard InChI is InChI=1S/C39H32N2O/c1-29-8-6-12-38(26-29)40(34-10-4-3-5-11-34)36-22-16-32(17-23-36)33-18-24-37(25-19-33)41(39-13-7-9-30(2)27-39)35-20-14-31(28-42)15-21-35/h3-28H,1-2H3. The average molecular weight is 545 g/mol. The maximum atomic E-state index is 11.2. The third-order valence-electron chi connectivity index (χ3n) is 7.41. The lowest BCUT2D eigenvalue weighted by atomic mass is 10.0. The average Bonchev–Trinajstić information content (AvgIpc) is 3.03. The molecule has 0 spiro atoms. The maximum absolute atomic E-state index is 11.2. The normalized spacial score (nSPS) is 10.7. The van der Waals surface area contributed by atoms with Crippen LogP contribution in [0.15, 0.2) is 152 Å². The summed E-state index contributed by atoms with van der Waals surface area (Å²) < 4.78 is 0. The number of aryl methyl sites for hydroxylation is 2. The Hall–Kier alpha value is -5.41. The molecular formula is C39H32N2O. The zero-order chi connectivity index (χ0) is 28.9. The van der Waals surface area contributed by atoms with E-state index in [0.29, 0.717) is 5.56 Å². The molecule has 3 heteroatoms. The van der Waals surface area contributed by atoms with Gasteiger partial charge in [0.1, 0.15) is 6.29 Å². The molecule has 42 heavy (non-hydrogen) atoms. The Morgan fingerprint density at radius 1 is 0.405 bits per heavy atom. The molecule has 3 nitrogen and oxygen atoms in total. The van der Waals surface area contributed by atoms with Gasteiger partial charge in [-0.25, -0.2) is 0 Å². The van der Waals surface area contributed by atoms with Crippen molar-refractivity contribution in [1.82, 2.24) is 0 Å². The van der Waals surface area contributed by atoms with Crippen LogP contribution < -0.4 is 9.80 Å². The van der Waals surface area contributed by atoms with Gasteiger partial charge in [0.25, 0.3) is 0 Å². The molecule has 0 aliphatic carbocycles. The Morgan fingerprint density at radius 3 is 1.19 bits per heavy atom. The van der Waals surface area contributed by atoms with E-state index in [-0.39, 0.29) is 0 Å². The van der Waals surface area contributed by atoms with Gasteiger partial charge in [-0.1, -0.05) is 66.7 Å². The van der Waals surface area contributed by atoms with E-state index in [4.69, 9.17) is 0 Å². The summed E-state index contributed by atoms with van der Waals surface area (Å²) in [4.78, 5) is 15.7. The number of hydrogen-bond acceptors (Lipinski definition) is 3. The second-order valence-electron chi connectivity index (χ2n) is 10.5. The summed E-state index contributed by atoms with van der Waals surface area (Å²) in [6.07, 6.45) is 0.876. The molecule has 0 radical (unpaired) electrons. The molecule has 6 aromatic rings. The van der Waals surface area contributed by atoms with Crippen LogP contribution in [0.5, 0.6) is 0 Å². The second-order valence-corrected chi connectivity index (χ2v) is 10.5. The topological polar surface area (TPSA) is 23.6 Å². The quantitative estimate of drug-likeness (QED) is 0.178. The lowest BCUT2D eigenvalue weighted by molar-refractivity contribution is 0.112. The number of benzene rings is 6. The second kappa shape index (κ2) is 12.0. The molecule has 0 fully saturated rings. The number of rotatable bonds is 8. The van der Waals surface area contributed by atoms with Gasteiger partial charge in [0.15, 0.2) is 0 Å². The van der Waals surface area contributed by atoms with E-state index < -0.39 is 0 Å². The molecule has 0 saturated heterocycles. The fourth-order valence-electron chi connectivity index (χ4n) is 5.31. The molecule has 6 rings (SSSR count). The van der Waals surface area contributed by atoms with Crippen LogP contribution in [-0.4, -0.2) is 6.29 Å². The van der Waals surface area contributed by atoms with Gasteiger partial charge >= 0.3 is 0 Å². The molecule has 0 unspecified atom stereocenters. The van der Waals surface area contributed by atoms with Crippen molar-refractivity contribution in [2.24, 2.45) is 0 Å². The Labute approximate surface area is 247 Å². The van der Waals surface area contributed by atoms with E-state index in [1.165, 1.54) is 11.1 Å². The third kappa shape index (κ3) is 5.72. The molecule has 0 aliphatic heterocycles. The number of hydrogen-bond donors (Lipinski definition) is 0.